The number of amides is 1. The van der Waals surface area contributed by atoms with E-state index in [-0.39, 0.29) is 30.0 Å². The van der Waals surface area contributed by atoms with Crippen LogP contribution in [0.2, 0.25) is 0 Å². The number of carbonyl (C=O) groups excluding carboxylic acids is 1. The molecule has 1 aliphatic carbocycles. The molecule has 3 aliphatic heterocycles. The number of nitrogens with one attached hydrogen (secondary N) is 1. The minimum absolute atomic E-state index is 0.000518. The second kappa shape index (κ2) is 8.09. The van der Waals surface area contributed by atoms with Gasteiger partial charge in [-0.1, -0.05) is 17.7 Å². The lowest BCUT2D eigenvalue weighted by Gasteiger charge is -2.36. The Kier molecular flexibility index (Phi) is 5.27. The number of likely N-dealkylation sites (N-methyl/N-ethyl adjacent to an activating group) is 1. The number of rotatable bonds is 3. The number of ether oxygens (including phenoxy) is 2. The molecule has 0 unspecified atom stereocenters. The topological polar surface area (TPSA) is 75.5 Å². The highest BCUT2D eigenvalue weighted by molar-refractivity contribution is 6.33. The Hall–Kier alpha value is -2.71. The van der Waals surface area contributed by atoms with Crippen LogP contribution in [0.1, 0.15) is 29.6 Å². The number of likely N-dealkylation sites (tertiary alicyclic amines) is 1. The van der Waals surface area contributed by atoms with Crippen LogP contribution in [0, 0.1) is 5.82 Å². The summed E-state index contributed by atoms with van der Waals surface area (Å²) in [6, 6.07) is 2.84. The fourth-order valence-electron chi connectivity index (χ4n) is 4.24. The number of piperidine rings is 1. The molecule has 2 atom stereocenters. The molecule has 162 valence electrons. The zero-order valence-corrected chi connectivity index (χ0v) is 17.8. The standard InChI is InChI=1S/C22H22ClFN4O3/c1-28-7-6-13(11-17(28)21-26-15-4-2-12(23)10-16(15)27-21)25-22(29)14-3-5-18-20(19(14)24)31-9-8-30-18/h2-3,5,10,13,17H,4,6-9,11H2,1H3,(H,25,29)/t13-,17-/m1/s1. The van der Waals surface area contributed by atoms with Crippen LogP contribution in [-0.4, -0.2) is 61.2 Å². The molecule has 0 bridgehead atoms. The molecule has 31 heavy (non-hydrogen) atoms. The Bertz CT molecular complexity index is 1070. The van der Waals surface area contributed by atoms with Crippen molar-refractivity contribution in [3.63, 3.8) is 0 Å². The zero-order chi connectivity index (χ0) is 21.5. The number of benzene rings is 1. The molecule has 4 aliphatic rings. The van der Waals surface area contributed by atoms with Crippen molar-refractivity contribution in [2.75, 3.05) is 26.8 Å². The normalized spacial score (nSPS) is 25.1. The zero-order valence-electron chi connectivity index (χ0n) is 17.0. The number of halogens is 2. The highest BCUT2D eigenvalue weighted by Crippen LogP contribution is 2.35. The molecule has 0 spiro atoms. The fraction of sp³-hybridized carbons (Fsp3) is 0.409. The van der Waals surface area contributed by atoms with Crippen LogP contribution >= 0.6 is 11.6 Å². The van der Waals surface area contributed by atoms with E-state index in [1.807, 2.05) is 19.2 Å². The highest BCUT2D eigenvalue weighted by atomic mass is 35.5. The molecule has 1 aromatic rings. The Morgan fingerprint density at radius 2 is 2.13 bits per heavy atom. The lowest BCUT2D eigenvalue weighted by Crippen LogP contribution is -2.51. The molecule has 1 amide bonds. The largest absolute Gasteiger partial charge is 0.486 e. The van der Waals surface area contributed by atoms with E-state index < -0.39 is 11.7 Å². The van der Waals surface area contributed by atoms with Crippen LogP contribution in [0.25, 0.3) is 0 Å². The smallest absolute Gasteiger partial charge is 0.254 e. The van der Waals surface area contributed by atoms with Crippen LogP contribution in [0.3, 0.4) is 0 Å². The van der Waals surface area contributed by atoms with Crippen molar-refractivity contribution >= 4 is 29.1 Å². The maximum Gasteiger partial charge on any atom is 0.254 e. The summed E-state index contributed by atoms with van der Waals surface area (Å²) < 4.78 is 25.5. The van der Waals surface area contributed by atoms with Crippen molar-refractivity contribution in [2.24, 2.45) is 9.98 Å². The second-order valence-corrected chi connectivity index (χ2v) is 8.43. The Balaban J connectivity index is 1.30. The average Bonchev–Trinajstić information content (AvgIpc) is 3.18. The molecule has 0 aromatic heterocycles. The molecule has 7 nitrogen and oxygen atoms in total. The molecule has 0 radical (unpaired) electrons. The fourth-order valence-corrected chi connectivity index (χ4v) is 4.42. The van der Waals surface area contributed by atoms with Gasteiger partial charge in [-0.05, 0) is 38.1 Å². The average molecular weight is 445 g/mol. The first-order chi connectivity index (χ1) is 15.0. The maximum absolute atomic E-state index is 14.8. The van der Waals surface area contributed by atoms with Gasteiger partial charge in [-0.25, -0.2) is 14.4 Å². The van der Waals surface area contributed by atoms with Gasteiger partial charge in [0, 0.05) is 24.0 Å². The maximum atomic E-state index is 14.8. The van der Waals surface area contributed by atoms with Crippen molar-refractivity contribution < 1.29 is 18.7 Å². The van der Waals surface area contributed by atoms with Crippen LogP contribution < -0.4 is 14.8 Å². The molecule has 0 saturated carbocycles. The van der Waals surface area contributed by atoms with Crippen LogP contribution in [0.15, 0.2) is 45.0 Å². The van der Waals surface area contributed by atoms with E-state index in [1.54, 1.807) is 6.07 Å². The summed E-state index contributed by atoms with van der Waals surface area (Å²) in [6.45, 7) is 1.39. The number of amidine groups is 1. The SMILES string of the molecule is CN1CC[C@@H](NC(=O)c2ccc3c(c2F)OCCO3)C[C@@H]1C1=NC2=CC(Cl)=CCC2=N1. The third-order valence-electron chi connectivity index (χ3n) is 5.94. The van der Waals surface area contributed by atoms with E-state index in [9.17, 15) is 9.18 Å². The van der Waals surface area contributed by atoms with Gasteiger partial charge in [-0.15, -0.1) is 0 Å². The molecular weight excluding hydrogens is 423 g/mol. The third kappa shape index (κ3) is 3.85. The Labute approximate surface area is 184 Å². The van der Waals surface area contributed by atoms with Crippen molar-refractivity contribution in [1.29, 1.82) is 0 Å². The molecule has 1 aromatic carbocycles. The molecule has 1 fully saturated rings. The van der Waals surface area contributed by atoms with Crippen LogP contribution in [-0.2, 0) is 0 Å². The number of allylic oxidation sites excluding steroid dienone is 4. The molecule has 1 saturated heterocycles. The lowest BCUT2D eigenvalue weighted by molar-refractivity contribution is 0.0901. The van der Waals surface area contributed by atoms with Gasteiger partial charge in [0.25, 0.3) is 5.91 Å². The third-order valence-corrected chi connectivity index (χ3v) is 6.20. The summed E-state index contributed by atoms with van der Waals surface area (Å²) in [6.07, 6.45) is 5.79. The molecular formula is C22H22ClFN4O3. The van der Waals surface area contributed by atoms with E-state index >= 15 is 0 Å². The Morgan fingerprint density at radius 3 is 3.00 bits per heavy atom. The minimum atomic E-state index is -0.689. The van der Waals surface area contributed by atoms with Gasteiger partial charge in [0.05, 0.1) is 23.0 Å². The van der Waals surface area contributed by atoms with Gasteiger partial charge in [-0.3, -0.25) is 9.69 Å². The predicted molar refractivity (Wildman–Crippen MR) is 116 cm³/mol. The van der Waals surface area contributed by atoms with E-state index in [0.717, 1.165) is 30.2 Å². The van der Waals surface area contributed by atoms with Gasteiger partial charge in [0.1, 0.15) is 19.0 Å². The predicted octanol–water partition coefficient (Wildman–Crippen LogP) is 3.05. The first-order valence-electron chi connectivity index (χ1n) is 10.3. The Morgan fingerprint density at radius 1 is 1.29 bits per heavy atom. The van der Waals surface area contributed by atoms with Gasteiger partial charge in [0.2, 0.25) is 0 Å². The monoisotopic (exact) mass is 444 g/mol. The summed E-state index contributed by atoms with van der Waals surface area (Å²) in [4.78, 5) is 24.4. The van der Waals surface area contributed by atoms with Crippen molar-refractivity contribution in [3.05, 3.63) is 46.4 Å². The quantitative estimate of drug-likeness (QED) is 0.777. The summed E-state index contributed by atoms with van der Waals surface area (Å²) in [5.41, 5.74) is 1.67. The van der Waals surface area contributed by atoms with E-state index in [0.29, 0.717) is 30.2 Å². The number of fused-ring (bicyclic) bond motifs is 2. The molecule has 9 heteroatoms. The molecule has 5 rings (SSSR count). The number of nitrogens with zero attached hydrogens (tertiary/aromatic N) is 3. The first-order valence-corrected chi connectivity index (χ1v) is 10.7. The summed E-state index contributed by atoms with van der Waals surface area (Å²) in [5, 5.41) is 3.64. The van der Waals surface area contributed by atoms with Crippen molar-refractivity contribution in [1.82, 2.24) is 10.2 Å². The first kappa shape index (κ1) is 20.2. The van der Waals surface area contributed by atoms with E-state index in [1.165, 1.54) is 6.07 Å². The van der Waals surface area contributed by atoms with Crippen LogP contribution in [0.5, 0.6) is 11.5 Å². The van der Waals surface area contributed by atoms with Gasteiger partial charge in [-0.2, -0.15) is 0 Å². The van der Waals surface area contributed by atoms with Crippen molar-refractivity contribution in [3.8, 4) is 11.5 Å². The number of aliphatic imine (C=N–C) groups is 2. The second-order valence-electron chi connectivity index (χ2n) is 7.99. The summed E-state index contributed by atoms with van der Waals surface area (Å²) >= 11 is 6.10. The van der Waals surface area contributed by atoms with Gasteiger partial charge < -0.3 is 14.8 Å². The van der Waals surface area contributed by atoms with Crippen molar-refractivity contribution in [2.45, 2.75) is 31.3 Å². The molecule has 3 heterocycles. The van der Waals surface area contributed by atoms with Gasteiger partial charge >= 0.3 is 0 Å². The summed E-state index contributed by atoms with van der Waals surface area (Å²) in [5.74, 6) is -0.100. The van der Waals surface area contributed by atoms with Crippen LogP contribution in [0.4, 0.5) is 4.39 Å². The minimum Gasteiger partial charge on any atom is -0.486 e. The number of carbonyl (C=O) groups is 1. The summed E-state index contributed by atoms with van der Waals surface area (Å²) in [7, 11) is 2.02. The number of hydrogen-bond donors (Lipinski definition) is 1. The number of hydrogen-bond acceptors (Lipinski definition) is 6. The van der Waals surface area contributed by atoms with Gasteiger partial charge in [0.15, 0.2) is 17.3 Å². The van der Waals surface area contributed by atoms with E-state index in [4.69, 9.17) is 26.1 Å². The highest BCUT2D eigenvalue weighted by Gasteiger charge is 2.34. The lowest BCUT2D eigenvalue weighted by atomic mass is 9.96. The van der Waals surface area contributed by atoms with E-state index in [2.05, 4.69) is 15.2 Å². The molecule has 1 N–H and O–H groups in total.